The van der Waals surface area contributed by atoms with Gasteiger partial charge in [-0.05, 0) is 20.8 Å². The second kappa shape index (κ2) is 3.80. The smallest absolute Gasteiger partial charge is 0.256 e. The Kier molecular flexibility index (Phi) is 2.39. The molecule has 0 spiro atoms. The molecule has 3 rings (SSSR count). The molecule has 6 nitrogen and oxygen atoms in total. The summed E-state index contributed by atoms with van der Waals surface area (Å²) in [6, 6.07) is 0.430. The molecule has 0 bridgehead atoms. The molecule has 0 saturated carbocycles. The average molecular weight is 235 g/mol. The van der Waals surface area contributed by atoms with Crippen LogP contribution in [0.4, 0.5) is 0 Å². The highest BCUT2D eigenvalue weighted by Crippen LogP contribution is 2.20. The van der Waals surface area contributed by atoms with Gasteiger partial charge >= 0.3 is 0 Å². The van der Waals surface area contributed by atoms with Crippen molar-refractivity contribution in [2.45, 2.75) is 45.5 Å². The van der Waals surface area contributed by atoms with E-state index in [0.29, 0.717) is 5.90 Å². The van der Waals surface area contributed by atoms with Crippen molar-refractivity contribution >= 4 is 5.90 Å². The van der Waals surface area contributed by atoms with Crippen LogP contribution < -0.4 is 5.32 Å². The molecule has 1 N–H and O–H groups in total. The van der Waals surface area contributed by atoms with E-state index < -0.39 is 0 Å². The van der Waals surface area contributed by atoms with Gasteiger partial charge in [0.1, 0.15) is 11.9 Å². The van der Waals surface area contributed by atoms with E-state index >= 15 is 0 Å². The van der Waals surface area contributed by atoms with E-state index in [1.165, 1.54) is 0 Å². The van der Waals surface area contributed by atoms with Gasteiger partial charge in [-0.15, -0.1) is 10.2 Å². The number of aliphatic imine (C=N–C) groups is 1. The van der Waals surface area contributed by atoms with E-state index in [1.807, 2.05) is 6.92 Å². The van der Waals surface area contributed by atoms with Gasteiger partial charge in [-0.1, -0.05) is 0 Å². The van der Waals surface area contributed by atoms with Crippen LogP contribution in [0.2, 0.25) is 0 Å². The maximum absolute atomic E-state index is 5.73. The Hall–Kier alpha value is -1.43. The first-order valence-electron chi connectivity index (χ1n) is 6.08. The summed E-state index contributed by atoms with van der Waals surface area (Å²) in [6.07, 6.45) is 0.122. The van der Waals surface area contributed by atoms with Crippen molar-refractivity contribution in [3.8, 4) is 0 Å². The summed E-state index contributed by atoms with van der Waals surface area (Å²) in [6.45, 7) is 7.96. The molecule has 2 aliphatic rings. The molecule has 2 unspecified atom stereocenters. The van der Waals surface area contributed by atoms with Gasteiger partial charge in [0.2, 0.25) is 5.82 Å². The highest BCUT2D eigenvalue weighted by molar-refractivity contribution is 5.92. The first-order valence-corrected chi connectivity index (χ1v) is 6.08. The number of hydrogen-bond donors (Lipinski definition) is 1. The monoisotopic (exact) mass is 235 g/mol. The standard InChI is InChI=1S/C11H17N5O/c1-6-8(3)17-11(13-6)10-15-14-9-7(2)12-4-5-16(9)10/h6-8,12H,4-5H2,1-3H3/t6?,7-,8?/m0/s1. The predicted octanol–water partition coefficient (Wildman–Crippen LogP) is 0.496. The van der Waals surface area contributed by atoms with Gasteiger partial charge < -0.3 is 14.6 Å². The van der Waals surface area contributed by atoms with Crippen molar-refractivity contribution in [1.82, 2.24) is 20.1 Å². The molecule has 1 aromatic heterocycles. The molecule has 17 heavy (non-hydrogen) atoms. The Bertz CT molecular complexity index is 466. The number of ether oxygens (including phenoxy) is 1. The lowest BCUT2D eigenvalue weighted by molar-refractivity contribution is 0.217. The average Bonchev–Trinajstić information content (AvgIpc) is 2.85. The molecule has 92 valence electrons. The Balaban J connectivity index is 1.98. The van der Waals surface area contributed by atoms with Crippen LogP contribution in [0.5, 0.6) is 0 Å². The van der Waals surface area contributed by atoms with Gasteiger partial charge in [0.25, 0.3) is 5.90 Å². The molecule has 0 aliphatic carbocycles. The maximum atomic E-state index is 5.73. The molecule has 3 heterocycles. The minimum atomic E-state index is 0.122. The van der Waals surface area contributed by atoms with Crippen LogP contribution in [-0.4, -0.2) is 39.4 Å². The Morgan fingerprint density at radius 3 is 2.82 bits per heavy atom. The van der Waals surface area contributed by atoms with E-state index in [9.17, 15) is 0 Å². The van der Waals surface area contributed by atoms with Crippen molar-refractivity contribution < 1.29 is 4.74 Å². The molecule has 6 heteroatoms. The van der Waals surface area contributed by atoms with Crippen LogP contribution in [0.25, 0.3) is 0 Å². The quantitative estimate of drug-likeness (QED) is 0.769. The zero-order valence-electron chi connectivity index (χ0n) is 10.3. The second-order valence-electron chi connectivity index (χ2n) is 4.71. The Morgan fingerprint density at radius 1 is 1.29 bits per heavy atom. The van der Waals surface area contributed by atoms with Crippen LogP contribution in [-0.2, 0) is 11.3 Å². The van der Waals surface area contributed by atoms with Gasteiger partial charge in [0.15, 0.2) is 0 Å². The number of nitrogens with one attached hydrogen (secondary N) is 1. The molecule has 3 atom stereocenters. The summed E-state index contributed by atoms with van der Waals surface area (Å²) in [5, 5.41) is 11.8. The maximum Gasteiger partial charge on any atom is 0.256 e. The van der Waals surface area contributed by atoms with E-state index in [1.54, 1.807) is 0 Å². The molecule has 2 aliphatic heterocycles. The lowest BCUT2D eigenvalue weighted by atomic mass is 10.2. The predicted molar refractivity (Wildman–Crippen MR) is 63.0 cm³/mol. The van der Waals surface area contributed by atoms with Gasteiger partial charge in [-0.25, -0.2) is 4.99 Å². The molecular formula is C11H17N5O. The highest BCUT2D eigenvalue weighted by Gasteiger charge is 2.30. The summed E-state index contributed by atoms with van der Waals surface area (Å²) in [5.41, 5.74) is 0. The van der Waals surface area contributed by atoms with Crippen LogP contribution in [0.3, 0.4) is 0 Å². The largest absolute Gasteiger partial charge is 0.470 e. The fraction of sp³-hybridized carbons (Fsp3) is 0.727. The molecule has 0 fully saturated rings. The molecule has 0 saturated heterocycles. The minimum absolute atomic E-state index is 0.122. The summed E-state index contributed by atoms with van der Waals surface area (Å²) >= 11 is 0. The Morgan fingerprint density at radius 2 is 2.12 bits per heavy atom. The number of rotatable bonds is 1. The van der Waals surface area contributed by atoms with Crippen molar-refractivity contribution in [3.63, 3.8) is 0 Å². The fourth-order valence-electron chi connectivity index (χ4n) is 2.20. The summed E-state index contributed by atoms with van der Waals surface area (Å²) in [5.74, 6) is 2.37. The Labute approximate surface area is 100 Å². The van der Waals surface area contributed by atoms with E-state index in [-0.39, 0.29) is 18.2 Å². The van der Waals surface area contributed by atoms with Crippen molar-refractivity contribution in [2.75, 3.05) is 6.54 Å². The molecule has 0 amide bonds. The zero-order valence-corrected chi connectivity index (χ0v) is 10.3. The van der Waals surface area contributed by atoms with Crippen LogP contribution in [0.15, 0.2) is 4.99 Å². The minimum Gasteiger partial charge on any atom is -0.470 e. The zero-order chi connectivity index (χ0) is 12.0. The summed E-state index contributed by atoms with van der Waals surface area (Å²) < 4.78 is 7.83. The van der Waals surface area contributed by atoms with E-state index in [2.05, 4.69) is 38.9 Å². The fourth-order valence-corrected chi connectivity index (χ4v) is 2.20. The first-order chi connectivity index (χ1) is 8.16. The first kappa shape index (κ1) is 10.7. The summed E-state index contributed by atoms with van der Waals surface area (Å²) in [4.78, 5) is 4.50. The normalized spacial score (nSPS) is 31.9. The van der Waals surface area contributed by atoms with Crippen molar-refractivity contribution in [1.29, 1.82) is 0 Å². The summed E-state index contributed by atoms with van der Waals surface area (Å²) in [7, 11) is 0. The van der Waals surface area contributed by atoms with Crippen LogP contribution >= 0.6 is 0 Å². The molecule has 0 aromatic carbocycles. The number of fused-ring (bicyclic) bond motifs is 1. The van der Waals surface area contributed by atoms with Crippen molar-refractivity contribution in [3.05, 3.63) is 11.6 Å². The molecule has 0 radical (unpaired) electrons. The third-order valence-corrected chi connectivity index (χ3v) is 3.44. The van der Waals surface area contributed by atoms with Crippen LogP contribution in [0.1, 0.15) is 38.5 Å². The second-order valence-corrected chi connectivity index (χ2v) is 4.71. The SMILES string of the molecule is CC1N=C(c2nnc3n2CCN[C@H]3C)OC1C. The van der Waals surface area contributed by atoms with Crippen LogP contribution in [0, 0.1) is 0 Å². The number of hydrogen-bond acceptors (Lipinski definition) is 5. The van der Waals surface area contributed by atoms with Gasteiger partial charge in [-0.2, -0.15) is 0 Å². The lowest BCUT2D eigenvalue weighted by Crippen LogP contribution is -2.33. The van der Waals surface area contributed by atoms with E-state index in [4.69, 9.17) is 4.74 Å². The molecule has 1 aromatic rings. The third-order valence-electron chi connectivity index (χ3n) is 3.44. The number of nitrogens with zero attached hydrogens (tertiary/aromatic N) is 4. The topological polar surface area (TPSA) is 64.3 Å². The highest BCUT2D eigenvalue weighted by atomic mass is 16.5. The van der Waals surface area contributed by atoms with Gasteiger partial charge in [0, 0.05) is 13.1 Å². The van der Waals surface area contributed by atoms with E-state index in [0.717, 1.165) is 24.7 Å². The number of aromatic nitrogens is 3. The van der Waals surface area contributed by atoms with Gasteiger partial charge in [0.05, 0.1) is 12.1 Å². The lowest BCUT2D eigenvalue weighted by Gasteiger charge is -2.21. The molecular weight excluding hydrogens is 218 g/mol. The van der Waals surface area contributed by atoms with Crippen molar-refractivity contribution in [2.24, 2.45) is 4.99 Å². The van der Waals surface area contributed by atoms with Gasteiger partial charge in [-0.3, -0.25) is 0 Å². The third kappa shape index (κ3) is 1.63.